The second kappa shape index (κ2) is 8.01. The van der Waals surface area contributed by atoms with Gasteiger partial charge in [-0.05, 0) is 31.0 Å². The van der Waals surface area contributed by atoms with Gasteiger partial charge in [0.05, 0.1) is 18.8 Å². The Hall–Kier alpha value is -1.40. The lowest BCUT2D eigenvalue weighted by atomic mass is 10.2. The van der Waals surface area contributed by atoms with Gasteiger partial charge in [-0.3, -0.25) is 0 Å². The second-order valence-electron chi connectivity index (χ2n) is 5.85. The number of benzene rings is 1. The number of hydrogen-bond acceptors (Lipinski definition) is 2. The third-order valence-corrected chi connectivity index (χ3v) is 3.33. The fraction of sp³-hybridized carbons (Fsp3) is 0.529. The molecule has 0 unspecified atom stereocenters. The topological polar surface area (TPSA) is 18.5 Å². The van der Waals surface area contributed by atoms with Crippen molar-refractivity contribution in [1.82, 2.24) is 0 Å². The van der Waals surface area contributed by atoms with Gasteiger partial charge in [-0.15, -0.1) is 5.54 Å². The molecule has 1 aromatic carbocycles. The van der Waals surface area contributed by atoms with Gasteiger partial charge in [-0.2, -0.15) is 0 Å². The van der Waals surface area contributed by atoms with Gasteiger partial charge in [-0.25, -0.2) is 0 Å². The average molecular weight is 290 g/mol. The van der Waals surface area contributed by atoms with Crippen LogP contribution < -0.4 is 9.47 Å². The second-order valence-corrected chi connectivity index (χ2v) is 10.6. The van der Waals surface area contributed by atoms with Crippen LogP contribution in [0.2, 0.25) is 19.6 Å². The Morgan fingerprint density at radius 2 is 1.65 bits per heavy atom. The first-order valence-corrected chi connectivity index (χ1v) is 10.9. The maximum atomic E-state index is 5.77. The van der Waals surface area contributed by atoms with Crippen molar-refractivity contribution in [2.24, 2.45) is 0 Å². The van der Waals surface area contributed by atoms with Crippen LogP contribution in [0.3, 0.4) is 0 Å². The van der Waals surface area contributed by atoms with Crippen LogP contribution in [0.1, 0.15) is 32.3 Å². The smallest absolute Gasteiger partial charge is 0.135 e. The summed E-state index contributed by atoms with van der Waals surface area (Å²) in [6, 6.07) is 5.92. The lowest BCUT2D eigenvalue weighted by Gasteiger charge is -2.11. The molecule has 0 spiro atoms. The van der Waals surface area contributed by atoms with E-state index < -0.39 is 8.07 Å². The van der Waals surface area contributed by atoms with Crippen molar-refractivity contribution in [1.29, 1.82) is 0 Å². The summed E-state index contributed by atoms with van der Waals surface area (Å²) in [6.45, 7) is 12.4. The van der Waals surface area contributed by atoms with Crippen LogP contribution in [0, 0.1) is 11.5 Å². The predicted molar refractivity (Wildman–Crippen MR) is 88.2 cm³/mol. The molecule has 1 rings (SSSR count). The van der Waals surface area contributed by atoms with Crippen LogP contribution in [0.5, 0.6) is 11.5 Å². The lowest BCUT2D eigenvalue weighted by Crippen LogP contribution is -2.16. The highest BCUT2D eigenvalue weighted by Crippen LogP contribution is 2.24. The van der Waals surface area contributed by atoms with E-state index in [1.165, 1.54) is 0 Å². The summed E-state index contributed by atoms with van der Waals surface area (Å²) in [5.74, 6) is 5.02. The minimum atomic E-state index is -1.39. The van der Waals surface area contributed by atoms with Gasteiger partial charge in [0.1, 0.15) is 19.6 Å². The van der Waals surface area contributed by atoms with Crippen LogP contribution in [-0.2, 0) is 0 Å². The van der Waals surface area contributed by atoms with Gasteiger partial charge in [-0.1, -0.05) is 39.4 Å². The van der Waals surface area contributed by atoms with E-state index in [2.05, 4.69) is 45.0 Å². The first-order valence-electron chi connectivity index (χ1n) is 7.39. The highest BCUT2D eigenvalue weighted by Gasteiger charge is 2.09. The quantitative estimate of drug-likeness (QED) is 0.567. The molecule has 110 valence electrons. The maximum absolute atomic E-state index is 5.77. The highest BCUT2D eigenvalue weighted by molar-refractivity contribution is 6.83. The zero-order valence-electron chi connectivity index (χ0n) is 13.4. The van der Waals surface area contributed by atoms with Crippen LogP contribution in [0.25, 0.3) is 0 Å². The largest absolute Gasteiger partial charge is 0.494 e. The first kappa shape index (κ1) is 16.7. The summed E-state index contributed by atoms with van der Waals surface area (Å²) in [6.07, 6.45) is 2.00. The molecule has 0 aliphatic carbocycles. The van der Waals surface area contributed by atoms with Gasteiger partial charge in [0.2, 0.25) is 0 Å². The molecule has 3 heteroatoms. The van der Waals surface area contributed by atoms with E-state index >= 15 is 0 Å². The Bertz CT molecular complexity index is 478. The predicted octanol–water partition coefficient (Wildman–Crippen LogP) is 4.49. The SMILES string of the molecule is CCCOc1ccc(OCCC)c(C#C[Si](C)(C)C)c1. The maximum Gasteiger partial charge on any atom is 0.135 e. The fourth-order valence-corrected chi connectivity index (χ4v) is 2.02. The molecule has 0 saturated heterocycles. The summed E-state index contributed by atoms with van der Waals surface area (Å²) in [7, 11) is -1.39. The Labute approximate surface area is 124 Å². The van der Waals surface area contributed by atoms with E-state index in [4.69, 9.17) is 9.47 Å². The zero-order chi connectivity index (χ0) is 15.0. The van der Waals surface area contributed by atoms with Crippen molar-refractivity contribution in [3.8, 4) is 23.0 Å². The number of ether oxygens (including phenoxy) is 2. The molecule has 0 aliphatic heterocycles. The molecule has 2 nitrogen and oxygen atoms in total. The summed E-state index contributed by atoms with van der Waals surface area (Å²) in [5.41, 5.74) is 4.33. The minimum absolute atomic E-state index is 0.719. The standard InChI is InChI=1S/C17H26O2Si/c1-6-11-18-16-8-9-17(19-12-7-2)15(14-16)10-13-20(3,4)5/h8-9,14H,6-7,11-12H2,1-5H3. The van der Waals surface area contributed by atoms with Gasteiger partial charge >= 0.3 is 0 Å². The molecule has 0 radical (unpaired) electrons. The Morgan fingerprint density at radius 1 is 1.00 bits per heavy atom. The molecule has 1 aromatic rings. The van der Waals surface area contributed by atoms with E-state index in [0.717, 1.165) is 43.1 Å². The molecule has 20 heavy (non-hydrogen) atoms. The lowest BCUT2D eigenvalue weighted by molar-refractivity contribution is 0.308. The first-order chi connectivity index (χ1) is 9.46. The van der Waals surface area contributed by atoms with Crippen LogP contribution in [-0.4, -0.2) is 21.3 Å². The molecule has 0 amide bonds. The fourth-order valence-electron chi connectivity index (χ4n) is 1.51. The Morgan fingerprint density at radius 3 is 2.25 bits per heavy atom. The third-order valence-electron chi connectivity index (χ3n) is 2.46. The molecule has 0 aromatic heterocycles. The van der Waals surface area contributed by atoms with E-state index in [-0.39, 0.29) is 0 Å². The van der Waals surface area contributed by atoms with E-state index in [0.29, 0.717) is 0 Å². The molecule has 0 fully saturated rings. The normalized spacial score (nSPS) is 10.7. The van der Waals surface area contributed by atoms with Crippen molar-refractivity contribution in [2.75, 3.05) is 13.2 Å². The molecule has 0 saturated carbocycles. The van der Waals surface area contributed by atoms with Crippen molar-refractivity contribution >= 4 is 8.07 Å². The molecular weight excluding hydrogens is 264 g/mol. The molecule has 0 bridgehead atoms. The van der Waals surface area contributed by atoms with Gasteiger partial charge in [0, 0.05) is 0 Å². The molecule has 0 atom stereocenters. The number of hydrogen-bond donors (Lipinski definition) is 0. The van der Waals surface area contributed by atoms with Gasteiger partial charge in [0.25, 0.3) is 0 Å². The van der Waals surface area contributed by atoms with E-state index in [1.807, 2.05) is 18.2 Å². The Kier molecular flexibility index (Phi) is 6.67. The Balaban J connectivity index is 3.01. The summed E-state index contributed by atoms with van der Waals surface area (Å²) in [5, 5.41) is 0. The van der Waals surface area contributed by atoms with Crippen molar-refractivity contribution in [3.05, 3.63) is 23.8 Å². The van der Waals surface area contributed by atoms with Gasteiger partial charge in [0.15, 0.2) is 0 Å². The molecule has 0 heterocycles. The van der Waals surface area contributed by atoms with Crippen LogP contribution in [0.15, 0.2) is 18.2 Å². The molecular formula is C17H26O2Si. The summed E-state index contributed by atoms with van der Waals surface area (Å²) >= 11 is 0. The van der Waals surface area contributed by atoms with E-state index in [9.17, 15) is 0 Å². The van der Waals surface area contributed by atoms with Gasteiger partial charge < -0.3 is 9.47 Å². The minimum Gasteiger partial charge on any atom is -0.494 e. The van der Waals surface area contributed by atoms with Crippen LogP contribution in [0.4, 0.5) is 0 Å². The van der Waals surface area contributed by atoms with Crippen LogP contribution >= 0.6 is 0 Å². The highest BCUT2D eigenvalue weighted by atomic mass is 28.3. The molecule has 0 aliphatic rings. The number of rotatable bonds is 6. The van der Waals surface area contributed by atoms with Crippen molar-refractivity contribution in [2.45, 2.75) is 46.3 Å². The zero-order valence-corrected chi connectivity index (χ0v) is 14.4. The average Bonchev–Trinajstić information content (AvgIpc) is 2.40. The van der Waals surface area contributed by atoms with E-state index in [1.54, 1.807) is 0 Å². The van der Waals surface area contributed by atoms with Crippen molar-refractivity contribution in [3.63, 3.8) is 0 Å². The molecule has 0 N–H and O–H groups in total. The summed E-state index contributed by atoms with van der Waals surface area (Å²) < 4.78 is 11.4. The summed E-state index contributed by atoms with van der Waals surface area (Å²) in [4.78, 5) is 0. The third kappa shape index (κ3) is 6.16. The van der Waals surface area contributed by atoms with Crippen molar-refractivity contribution < 1.29 is 9.47 Å². The monoisotopic (exact) mass is 290 g/mol.